The Morgan fingerprint density at radius 1 is 1.32 bits per heavy atom. The summed E-state index contributed by atoms with van der Waals surface area (Å²) in [6.07, 6.45) is 2.96. The van der Waals surface area contributed by atoms with Gasteiger partial charge in [-0.3, -0.25) is 4.79 Å². The molecule has 1 aliphatic rings. The van der Waals surface area contributed by atoms with Crippen LogP contribution in [0.25, 0.3) is 0 Å². The molecule has 3 rings (SSSR count). The van der Waals surface area contributed by atoms with E-state index in [4.69, 9.17) is 9.47 Å². The Bertz CT molecular complexity index is 851. The van der Waals surface area contributed by atoms with Gasteiger partial charge >= 0.3 is 0 Å². The molecular formula is C19H20N2O3S. The molecule has 5 nitrogen and oxygen atoms in total. The Balaban J connectivity index is 1.88. The largest absolute Gasteiger partial charge is 0.493 e. The van der Waals surface area contributed by atoms with Crippen LogP contribution < -0.4 is 14.8 Å². The molecule has 1 aromatic heterocycles. The molecule has 0 bridgehead atoms. The zero-order chi connectivity index (χ0) is 18.0. The van der Waals surface area contributed by atoms with Crippen LogP contribution in [-0.4, -0.2) is 20.1 Å². The lowest BCUT2D eigenvalue weighted by Gasteiger charge is -2.17. The summed E-state index contributed by atoms with van der Waals surface area (Å²) in [7, 11) is 3.08. The van der Waals surface area contributed by atoms with Gasteiger partial charge in [-0.15, -0.1) is 11.3 Å². The maximum atomic E-state index is 12.6. The molecule has 25 heavy (non-hydrogen) atoms. The van der Waals surface area contributed by atoms with E-state index in [0.717, 1.165) is 24.8 Å². The summed E-state index contributed by atoms with van der Waals surface area (Å²) in [4.78, 5) is 13.8. The average Bonchev–Trinajstić information content (AvgIpc) is 2.96. The SMILES string of the molecule is COc1ccc(C(=O)Nc2sc3c(c2C#N)CC[C@H](C)C3)cc1OC. The second kappa shape index (κ2) is 7.16. The third-order valence-electron chi connectivity index (χ3n) is 4.50. The van der Waals surface area contributed by atoms with Gasteiger partial charge in [-0.05, 0) is 48.9 Å². The van der Waals surface area contributed by atoms with Gasteiger partial charge in [0.25, 0.3) is 5.91 Å². The van der Waals surface area contributed by atoms with Crippen LogP contribution in [0, 0.1) is 17.2 Å². The van der Waals surface area contributed by atoms with E-state index in [1.807, 2.05) is 0 Å². The predicted octanol–water partition coefficient (Wildman–Crippen LogP) is 4.01. The molecule has 1 N–H and O–H groups in total. The number of amides is 1. The zero-order valence-corrected chi connectivity index (χ0v) is 15.3. The number of nitriles is 1. The number of ether oxygens (including phenoxy) is 2. The van der Waals surface area contributed by atoms with Crippen molar-refractivity contribution in [3.63, 3.8) is 0 Å². The van der Waals surface area contributed by atoms with Crippen LogP contribution in [-0.2, 0) is 12.8 Å². The average molecular weight is 356 g/mol. The van der Waals surface area contributed by atoms with Crippen molar-refractivity contribution in [1.82, 2.24) is 0 Å². The number of hydrogen-bond donors (Lipinski definition) is 1. The molecule has 1 aliphatic carbocycles. The third kappa shape index (κ3) is 3.33. The number of thiophene rings is 1. The number of rotatable bonds is 4. The highest BCUT2D eigenvalue weighted by Gasteiger charge is 2.25. The summed E-state index contributed by atoms with van der Waals surface area (Å²) < 4.78 is 10.4. The molecule has 0 unspecified atom stereocenters. The maximum Gasteiger partial charge on any atom is 0.256 e. The second-order valence-electron chi connectivity index (χ2n) is 6.19. The number of fused-ring (bicyclic) bond motifs is 1. The van der Waals surface area contributed by atoms with E-state index in [9.17, 15) is 10.1 Å². The first kappa shape index (κ1) is 17.3. The van der Waals surface area contributed by atoms with E-state index >= 15 is 0 Å². The highest BCUT2D eigenvalue weighted by molar-refractivity contribution is 7.16. The van der Waals surface area contributed by atoms with Crippen LogP contribution in [0.3, 0.4) is 0 Å². The summed E-state index contributed by atoms with van der Waals surface area (Å²) in [5, 5.41) is 13.1. The summed E-state index contributed by atoms with van der Waals surface area (Å²) in [6.45, 7) is 2.22. The molecule has 130 valence electrons. The number of hydrogen-bond acceptors (Lipinski definition) is 5. The molecule has 0 saturated carbocycles. The molecule has 6 heteroatoms. The summed E-state index contributed by atoms with van der Waals surface area (Å²) in [5.74, 6) is 1.42. The Morgan fingerprint density at radius 3 is 2.76 bits per heavy atom. The number of benzene rings is 1. The van der Waals surface area contributed by atoms with Crippen LogP contribution in [0.5, 0.6) is 11.5 Å². The van der Waals surface area contributed by atoms with Crippen molar-refractivity contribution in [2.45, 2.75) is 26.2 Å². The van der Waals surface area contributed by atoms with Crippen molar-refractivity contribution >= 4 is 22.2 Å². The minimum absolute atomic E-state index is 0.260. The molecule has 0 spiro atoms. The van der Waals surface area contributed by atoms with E-state index in [1.165, 1.54) is 23.3 Å². The van der Waals surface area contributed by atoms with Gasteiger partial charge in [-0.2, -0.15) is 5.26 Å². The van der Waals surface area contributed by atoms with Crippen molar-refractivity contribution in [2.24, 2.45) is 5.92 Å². The number of anilines is 1. The fourth-order valence-corrected chi connectivity index (χ4v) is 4.47. The first-order valence-electron chi connectivity index (χ1n) is 8.15. The molecule has 0 fully saturated rings. The van der Waals surface area contributed by atoms with E-state index in [0.29, 0.717) is 33.5 Å². The topological polar surface area (TPSA) is 71.3 Å². The molecule has 0 aliphatic heterocycles. The highest BCUT2D eigenvalue weighted by atomic mass is 32.1. The summed E-state index contributed by atoms with van der Waals surface area (Å²) in [5.41, 5.74) is 2.18. The lowest BCUT2D eigenvalue weighted by atomic mass is 9.88. The normalized spacial score (nSPS) is 15.8. The number of carbonyl (C=O) groups excluding carboxylic acids is 1. The van der Waals surface area contributed by atoms with Gasteiger partial charge in [0.2, 0.25) is 0 Å². The second-order valence-corrected chi connectivity index (χ2v) is 7.30. The van der Waals surface area contributed by atoms with Crippen molar-refractivity contribution in [1.29, 1.82) is 5.26 Å². The van der Waals surface area contributed by atoms with Crippen molar-refractivity contribution < 1.29 is 14.3 Å². The molecule has 1 amide bonds. The smallest absolute Gasteiger partial charge is 0.256 e. The Morgan fingerprint density at radius 2 is 2.08 bits per heavy atom. The quantitative estimate of drug-likeness (QED) is 0.898. The molecule has 0 radical (unpaired) electrons. The predicted molar refractivity (Wildman–Crippen MR) is 97.7 cm³/mol. The van der Waals surface area contributed by atoms with Gasteiger partial charge in [0, 0.05) is 10.4 Å². The Hall–Kier alpha value is -2.52. The van der Waals surface area contributed by atoms with Gasteiger partial charge in [-0.25, -0.2) is 0 Å². The van der Waals surface area contributed by atoms with Gasteiger partial charge < -0.3 is 14.8 Å². The standard InChI is InChI=1S/C19H20N2O3S/c1-11-4-6-13-14(10-20)19(25-17(13)8-11)21-18(22)12-5-7-15(23-2)16(9-12)24-3/h5,7,9,11H,4,6,8H2,1-3H3,(H,21,22)/t11-/m0/s1. The molecule has 1 aromatic carbocycles. The first-order chi connectivity index (χ1) is 12.1. The zero-order valence-electron chi connectivity index (χ0n) is 14.5. The number of carbonyl (C=O) groups is 1. The number of nitrogens with zero attached hydrogens (tertiary/aromatic N) is 1. The lowest BCUT2D eigenvalue weighted by molar-refractivity contribution is 0.102. The minimum atomic E-state index is -0.260. The highest BCUT2D eigenvalue weighted by Crippen LogP contribution is 2.39. The number of nitrogens with one attached hydrogen (secondary N) is 1. The number of methoxy groups -OCH3 is 2. The van der Waals surface area contributed by atoms with E-state index in [1.54, 1.807) is 25.3 Å². The monoisotopic (exact) mass is 356 g/mol. The van der Waals surface area contributed by atoms with E-state index < -0.39 is 0 Å². The first-order valence-corrected chi connectivity index (χ1v) is 8.97. The van der Waals surface area contributed by atoms with Crippen LogP contribution in [0.15, 0.2) is 18.2 Å². The Kier molecular flexibility index (Phi) is 4.95. The summed E-state index contributed by atoms with van der Waals surface area (Å²) >= 11 is 1.52. The van der Waals surface area contributed by atoms with Gasteiger partial charge in [0.15, 0.2) is 11.5 Å². The lowest BCUT2D eigenvalue weighted by Crippen LogP contribution is -2.12. The van der Waals surface area contributed by atoms with Gasteiger partial charge in [0.1, 0.15) is 11.1 Å². The third-order valence-corrected chi connectivity index (χ3v) is 5.67. The van der Waals surface area contributed by atoms with E-state index in [2.05, 4.69) is 18.3 Å². The maximum absolute atomic E-state index is 12.6. The summed E-state index contributed by atoms with van der Waals surface area (Å²) in [6, 6.07) is 7.28. The van der Waals surface area contributed by atoms with Crippen molar-refractivity contribution in [3.8, 4) is 17.6 Å². The molecule has 0 saturated heterocycles. The van der Waals surface area contributed by atoms with Crippen LogP contribution in [0.1, 0.15) is 39.7 Å². The molecule has 1 heterocycles. The van der Waals surface area contributed by atoms with Crippen LogP contribution in [0.2, 0.25) is 0 Å². The molecule has 1 atom stereocenters. The minimum Gasteiger partial charge on any atom is -0.493 e. The molecular weight excluding hydrogens is 336 g/mol. The van der Waals surface area contributed by atoms with Crippen molar-refractivity contribution in [2.75, 3.05) is 19.5 Å². The fourth-order valence-electron chi connectivity index (χ4n) is 3.11. The van der Waals surface area contributed by atoms with Gasteiger partial charge in [-0.1, -0.05) is 6.92 Å². The Labute approximate surface area is 151 Å². The van der Waals surface area contributed by atoms with E-state index in [-0.39, 0.29) is 5.91 Å². The van der Waals surface area contributed by atoms with Gasteiger partial charge in [0.05, 0.1) is 19.8 Å². The molecule has 2 aromatic rings. The van der Waals surface area contributed by atoms with Crippen LogP contribution >= 0.6 is 11.3 Å². The fraction of sp³-hybridized carbons (Fsp3) is 0.368. The van der Waals surface area contributed by atoms with Crippen molar-refractivity contribution in [3.05, 3.63) is 39.8 Å². The van der Waals surface area contributed by atoms with Crippen LogP contribution in [0.4, 0.5) is 5.00 Å².